The molecule has 1 N–H and O–H groups in total. The number of nitrogens with one attached hydrogen (secondary N) is 1. The number of ether oxygens (including phenoxy) is 1. The molecule has 0 amide bonds. The quantitative estimate of drug-likeness (QED) is 0.858. The summed E-state index contributed by atoms with van der Waals surface area (Å²) < 4.78 is 42.5. The Bertz CT molecular complexity index is 505. The molecular formula is C14H18BrF3N2O. The van der Waals surface area contributed by atoms with Crippen LogP contribution in [0, 0.1) is 0 Å². The van der Waals surface area contributed by atoms with Gasteiger partial charge in [-0.1, -0.05) is 15.9 Å². The third-order valence-corrected chi connectivity index (χ3v) is 3.78. The summed E-state index contributed by atoms with van der Waals surface area (Å²) in [5.74, 6) is -0.172. The van der Waals surface area contributed by atoms with Gasteiger partial charge >= 0.3 is 6.36 Å². The average Bonchev–Trinajstić information content (AvgIpc) is 2.48. The van der Waals surface area contributed by atoms with Crippen molar-refractivity contribution in [2.45, 2.75) is 32.2 Å². The highest BCUT2D eigenvalue weighted by Crippen LogP contribution is 2.36. The van der Waals surface area contributed by atoms with E-state index in [1.807, 2.05) is 18.7 Å². The minimum absolute atomic E-state index is 0.168. The summed E-state index contributed by atoms with van der Waals surface area (Å²) in [5, 5.41) is 3.39. The van der Waals surface area contributed by atoms with Crippen LogP contribution in [0.1, 0.15) is 20.3 Å². The lowest BCUT2D eigenvalue weighted by Gasteiger charge is -2.32. The summed E-state index contributed by atoms with van der Waals surface area (Å²) in [5.41, 5.74) is 0.298. The molecule has 0 unspecified atom stereocenters. The average molecular weight is 367 g/mol. The minimum atomic E-state index is -4.70. The fourth-order valence-electron chi connectivity index (χ4n) is 2.47. The second kappa shape index (κ2) is 6.04. The van der Waals surface area contributed by atoms with Gasteiger partial charge in [0, 0.05) is 23.1 Å². The molecule has 0 saturated carbocycles. The van der Waals surface area contributed by atoms with Crippen molar-refractivity contribution in [3.8, 4) is 5.75 Å². The highest BCUT2D eigenvalue weighted by molar-refractivity contribution is 9.10. The number of benzene rings is 1. The Balaban J connectivity index is 2.33. The van der Waals surface area contributed by atoms with Gasteiger partial charge < -0.3 is 15.0 Å². The third-order valence-electron chi connectivity index (χ3n) is 3.28. The predicted molar refractivity (Wildman–Crippen MR) is 79.7 cm³/mol. The second-order valence-corrected chi connectivity index (χ2v) is 6.66. The Kier molecular flexibility index (Phi) is 4.72. The molecule has 1 aliphatic heterocycles. The van der Waals surface area contributed by atoms with Gasteiger partial charge in [-0.3, -0.25) is 0 Å². The molecule has 7 heteroatoms. The van der Waals surface area contributed by atoms with E-state index in [1.165, 1.54) is 6.07 Å². The van der Waals surface area contributed by atoms with Crippen LogP contribution in [0.2, 0.25) is 0 Å². The molecule has 1 aromatic rings. The smallest absolute Gasteiger partial charge is 0.404 e. The van der Waals surface area contributed by atoms with Crippen LogP contribution in [0.3, 0.4) is 0 Å². The highest BCUT2D eigenvalue weighted by atomic mass is 79.9. The minimum Gasteiger partial charge on any atom is -0.404 e. The fourth-order valence-corrected chi connectivity index (χ4v) is 2.81. The summed E-state index contributed by atoms with van der Waals surface area (Å²) in [7, 11) is 0. The summed E-state index contributed by atoms with van der Waals surface area (Å²) in [6, 6.07) is 4.74. The molecule has 1 aliphatic rings. The van der Waals surface area contributed by atoms with Crippen LogP contribution in [0.15, 0.2) is 22.7 Å². The first kappa shape index (κ1) is 16.4. The van der Waals surface area contributed by atoms with Crippen LogP contribution < -0.4 is 15.0 Å². The predicted octanol–water partition coefficient (Wildman–Crippen LogP) is 3.93. The van der Waals surface area contributed by atoms with E-state index in [4.69, 9.17) is 0 Å². The van der Waals surface area contributed by atoms with Gasteiger partial charge in [-0.15, -0.1) is 13.2 Å². The van der Waals surface area contributed by atoms with E-state index < -0.39 is 6.36 Å². The molecule has 0 radical (unpaired) electrons. The molecule has 1 heterocycles. The number of nitrogens with zero attached hydrogens (tertiary/aromatic N) is 1. The Morgan fingerprint density at radius 3 is 2.71 bits per heavy atom. The van der Waals surface area contributed by atoms with E-state index in [2.05, 4.69) is 26.0 Å². The van der Waals surface area contributed by atoms with Crippen LogP contribution in [0.4, 0.5) is 18.9 Å². The van der Waals surface area contributed by atoms with E-state index in [0.29, 0.717) is 23.2 Å². The zero-order valence-corrected chi connectivity index (χ0v) is 13.5. The Morgan fingerprint density at radius 1 is 1.33 bits per heavy atom. The molecule has 0 bridgehead atoms. The van der Waals surface area contributed by atoms with E-state index >= 15 is 0 Å². The normalized spacial score (nSPS) is 19.2. The molecule has 3 nitrogen and oxygen atoms in total. The van der Waals surface area contributed by atoms with Crippen LogP contribution in [0.25, 0.3) is 0 Å². The van der Waals surface area contributed by atoms with Crippen molar-refractivity contribution in [1.82, 2.24) is 5.32 Å². The molecule has 0 aromatic heterocycles. The van der Waals surface area contributed by atoms with Crippen LogP contribution in [-0.4, -0.2) is 31.5 Å². The molecule has 1 saturated heterocycles. The molecule has 21 heavy (non-hydrogen) atoms. The maximum atomic E-state index is 12.6. The van der Waals surface area contributed by atoms with Gasteiger partial charge in [-0.25, -0.2) is 0 Å². The van der Waals surface area contributed by atoms with Gasteiger partial charge in [0.2, 0.25) is 0 Å². The van der Waals surface area contributed by atoms with Gasteiger partial charge in [0.15, 0.2) is 5.75 Å². The zero-order valence-electron chi connectivity index (χ0n) is 11.9. The fraction of sp³-hybridized carbons (Fsp3) is 0.571. The van der Waals surface area contributed by atoms with Gasteiger partial charge in [0.05, 0.1) is 5.69 Å². The van der Waals surface area contributed by atoms with E-state index in [0.717, 1.165) is 13.0 Å². The highest BCUT2D eigenvalue weighted by Gasteiger charge is 2.34. The van der Waals surface area contributed by atoms with Crippen LogP contribution >= 0.6 is 15.9 Å². The standard InChI is InChI=1S/C14H18BrF3N2O/c1-13(2)9-20(7-3-6-19-13)11-5-4-10(15)8-12(11)21-14(16,17)18/h4-5,8,19H,3,6-7,9H2,1-2H3. The van der Waals surface area contributed by atoms with Crippen molar-refractivity contribution in [2.75, 3.05) is 24.5 Å². The molecule has 2 rings (SSSR count). The topological polar surface area (TPSA) is 24.5 Å². The summed E-state index contributed by atoms with van der Waals surface area (Å²) >= 11 is 3.19. The molecule has 1 fully saturated rings. The van der Waals surface area contributed by atoms with Crippen molar-refractivity contribution in [3.63, 3.8) is 0 Å². The third kappa shape index (κ3) is 4.78. The lowest BCUT2D eigenvalue weighted by Crippen LogP contribution is -2.46. The molecule has 0 atom stereocenters. The number of alkyl halides is 3. The number of hydrogen-bond acceptors (Lipinski definition) is 3. The molecule has 0 spiro atoms. The molecule has 0 aliphatic carbocycles. The van der Waals surface area contributed by atoms with Gasteiger partial charge in [-0.05, 0) is 45.0 Å². The number of rotatable bonds is 2. The lowest BCUT2D eigenvalue weighted by molar-refractivity contribution is -0.274. The Morgan fingerprint density at radius 2 is 2.05 bits per heavy atom. The number of hydrogen-bond donors (Lipinski definition) is 1. The van der Waals surface area contributed by atoms with Crippen LogP contribution in [0.5, 0.6) is 5.75 Å². The van der Waals surface area contributed by atoms with Crippen molar-refractivity contribution in [2.24, 2.45) is 0 Å². The Hall–Kier alpha value is -0.950. The van der Waals surface area contributed by atoms with E-state index in [9.17, 15) is 13.2 Å². The van der Waals surface area contributed by atoms with Crippen molar-refractivity contribution in [1.29, 1.82) is 0 Å². The van der Waals surface area contributed by atoms with E-state index in [1.54, 1.807) is 12.1 Å². The summed E-state index contributed by atoms with van der Waals surface area (Å²) in [4.78, 5) is 1.94. The second-order valence-electron chi connectivity index (χ2n) is 5.75. The van der Waals surface area contributed by atoms with Crippen LogP contribution in [-0.2, 0) is 0 Å². The zero-order chi connectivity index (χ0) is 15.7. The van der Waals surface area contributed by atoms with Gasteiger partial charge in [0.1, 0.15) is 0 Å². The Labute approximate surface area is 130 Å². The summed E-state index contributed by atoms with van der Waals surface area (Å²) in [6.45, 7) is 6.22. The first-order chi connectivity index (χ1) is 9.66. The SMILES string of the molecule is CC1(C)CN(c2ccc(Br)cc2OC(F)(F)F)CCCN1. The summed E-state index contributed by atoms with van der Waals surface area (Å²) in [6.07, 6.45) is -3.83. The monoisotopic (exact) mass is 366 g/mol. The van der Waals surface area contributed by atoms with Gasteiger partial charge in [-0.2, -0.15) is 0 Å². The largest absolute Gasteiger partial charge is 0.573 e. The molecular weight excluding hydrogens is 349 g/mol. The van der Waals surface area contributed by atoms with Gasteiger partial charge in [0.25, 0.3) is 0 Å². The maximum Gasteiger partial charge on any atom is 0.573 e. The number of anilines is 1. The first-order valence-corrected chi connectivity index (χ1v) is 7.51. The van der Waals surface area contributed by atoms with Crippen molar-refractivity contribution in [3.05, 3.63) is 22.7 Å². The molecule has 118 valence electrons. The van der Waals surface area contributed by atoms with E-state index in [-0.39, 0.29) is 11.3 Å². The maximum absolute atomic E-state index is 12.6. The van der Waals surface area contributed by atoms with Crippen molar-refractivity contribution < 1.29 is 17.9 Å². The molecule has 1 aromatic carbocycles. The lowest BCUT2D eigenvalue weighted by atomic mass is 10.1. The number of halogens is 4. The van der Waals surface area contributed by atoms with Crippen molar-refractivity contribution >= 4 is 21.6 Å². The first-order valence-electron chi connectivity index (χ1n) is 6.72.